The fourth-order valence-electron chi connectivity index (χ4n) is 1.99. The van der Waals surface area contributed by atoms with Gasteiger partial charge in [-0.2, -0.15) is 8.78 Å². The summed E-state index contributed by atoms with van der Waals surface area (Å²) in [4.78, 5) is 23.5. The SMILES string of the molecule is CC(C)OC(=O)[C@H](C)N=[P+]([O-])Oc1ccc(Oc2c(F)c(F)c(F)c(F)c2F)cc1. The van der Waals surface area contributed by atoms with Gasteiger partial charge < -0.3 is 14.4 Å². The second-order valence-corrected chi connectivity index (χ2v) is 6.97. The lowest BCUT2D eigenvalue weighted by Gasteiger charge is -2.10. The third-order valence-electron chi connectivity index (χ3n) is 3.36. The quantitative estimate of drug-likeness (QED) is 0.200. The molecule has 0 saturated carbocycles. The number of nitrogens with zero attached hydrogens (tertiary/aromatic N) is 1. The topological polar surface area (TPSA) is 80.2 Å². The van der Waals surface area contributed by atoms with Crippen LogP contribution in [0.15, 0.2) is 29.0 Å². The number of benzene rings is 2. The van der Waals surface area contributed by atoms with Crippen molar-refractivity contribution in [3.63, 3.8) is 0 Å². The number of hydrogen-bond donors (Lipinski definition) is 0. The fourth-order valence-corrected chi connectivity index (χ4v) is 2.72. The van der Waals surface area contributed by atoms with E-state index in [2.05, 4.69) is 4.74 Å². The maximum atomic E-state index is 13.6. The molecule has 2 rings (SSSR count). The summed E-state index contributed by atoms with van der Waals surface area (Å²) in [6.07, 6.45) is -0.376. The minimum absolute atomic E-state index is 0.0194. The van der Waals surface area contributed by atoms with Gasteiger partial charge in [-0.25, -0.2) is 18.0 Å². The van der Waals surface area contributed by atoms with Crippen molar-refractivity contribution >= 4 is 14.1 Å². The average molecular weight is 451 g/mol. The van der Waals surface area contributed by atoms with E-state index in [9.17, 15) is 31.6 Å². The molecule has 0 aliphatic rings. The molecule has 0 bridgehead atoms. The Morgan fingerprint density at radius 3 is 1.87 bits per heavy atom. The van der Waals surface area contributed by atoms with Crippen molar-refractivity contribution in [3.8, 4) is 17.2 Å². The molecule has 0 aromatic heterocycles. The van der Waals surface area contributed by atoms with Crippen LogP contribution in [0.5, 0.6) is 17.2 Å². The molecule has 162 valence electrons. The number of rotatable bonds is 7. The van der Waals surface area contributed by atoms with Crippen LogP contribution in [0, 0.1) is 29.1 Å². The van der Waals surface area contributed by atoms with E-state index in [0.717, 1.165) is 24.3 Å². The molecule has 2 aromatic carbocycles. The highest BCUT2D eigenvalue weighted by atomic mass is 31.1. The first kappa shape index (κ1) is 23.5. The van der Waals surface area contributed by atoms with E-state index < -0.39 is 55.0 Å². The van der Waals surface area contributed by atoms with Gasteiger partial charge in [-0.15, -0.1) is 0 Å². The number of halogens is 5. The van der Waals surface area contributed by atoms with Crippen LogP contribution in [0.1, 0.15) is 20.8 Å². The monoisotopic (exact) mass is 451 g/mol. The van der Waals surface area contributed by atoms with E-state index in [-0.39, 0.29) is 17.6 Å². The molecule has 0 N–H and O–H groups in total. The Kier molecular flexibility index (Phi) is 7.69. The van der Waals surface area contributed by atoms with Gasteiger partial charge in [0.05, 0.1) is 6.10 Å². The molecule has 0 heterocycles. The van der Waals surface area contributed by atoms with E-state index in [4.69, 9.17) is 14.0 Å². The second-order valence-electron chi connectivity index (χ2n) is 6.08. The van der Waals surface area contributed by atoms with Crippen LogP contribution in [-0.2, 0) is 9.53 Å². The Labute approximate surface area is 168 Å². The van der Waals surface area contributed by atoms with Crippen LogP contribution in [0.25, 0.3) is 0 Å². The molecule has 0 amide bonds. The van der Waals surface area contributed by atoms with Crippen molar-refractivity contribution in [1.29, 1.82) is 0 Å². The molecule has 0 aliphatic carbocycles. The Hall–Kier alpha value is -2.78. The smallest absolute Gasteiger partial charge is 0.395 e. The van der Waals surface area contributed by atoms with Crippen LogP contribution >= 0.6 is 8.17 Å². The Morgan fingerprint density at radius 1 is 0.900 bits per heavy atom. The van der Waals surface area contributed by atoms with Gasteiger partial charge in [0.1, 0.15) is 5.75 Å². The zero-order valence-corrected chi connectivity index (χ0v) is 16.7. The normalized spacial score (nSPS) is 12.7. The van der Waals surface area contributed by atoms with Gasteiger partial charge >= 0.3 is 14.1 Å². The molecule has 0 spiro atoms. The fraction of sp³-hybridized carbons (Fsp3) is 0.278. The first-order chi connectivity index (χ1) is 14.0. The van der Waals surface area contributed by atoms with Gasteiger partial charge in [-0.05, 0) is 45.0 Å². The van der Waals surface area contributed by atoms with Crippen molar-refractivity contribution in [1.82, 2.24) is 0 Å². The van der Waals surface area contributed by atoms with Crippen LogP contribution in [0.4, 0.5) is 22.0 Å². The molecule has 0 saturated heterocycles. The summed E-state index contributed by atoms with van der Waals surface area (Å²) in [6.45, 7) is 4.64. The standard InChI is InChI=1S/C18H15F5NO5P/c1-8(2)27-18(25)9(3)24-30(26)29-11-6-4-10(5-7-11)28-17-15(22)13(20)12(19)14(21)16(17)23/h4-9H,1-3H3/t9-/m0/s1. The number of carbonyl (C=O) groups excluding carboxylic acids is 1. The molecule has 6 nitrogen and oxygen atoms in total. The summed E-state index contributed by atoms with van der Waals surface area (Å²) in [5.41, 5.74) is 0. The lowest BCUT2D eigenvalue weighted by atomic mass is 10.2. The van der Waals surface area contributed by atoms with Gasteiger partial charge in [0, 0.05) is 0 Å². The molecule has 0 aliphatic heterocycles. The summed E-state index contributed by atoms with van der Waals surface area (Å²) in [5.74, 6) is -13.3. The zero-order chi connectivity index (χ0) is 22.6. The van der Waals surface area contributed by atoms with Gasteiger partial charge in [0.15, 0.2) is 11.8 Å². The molecule has 30 heavy (non-hydrogen) atoms. The van der Waals surface area contributed by atoms with Crippen molar-refractivity contribution in [2.24, 2.45) is 4.74 Å². The van der Waals surface area contributed by atoms with Crippen LogP contribution in [-0.4, -0.2) is 18.1 Å². The molecular formula is C18H15F5NO5P. The second kappa shape index (κ2) is 9.82. The molecule has 2 atom stereocenters. The third kappa shape index (κ3) is 5.64. The summed E-state index contributed by atoms with van der Waals surface area (Å²) in [5, 5.41) is 0. The molecule has 0 radical (unpaired) electrons. The third-order valence-corrected chi connectivity index (χ3v) is 4.26. The molecular weight excluding hydrogens is 436 g/mol. The van der Waals surface area contributed by atoms with Crippen LogP contribution < -0.4 is 14.2 Å². The Bertz CT molecular complexity index is 939. The van der Waals surface area contributed by atoms with Crippen molar-refractivity contribution < 1.29 is 45.6 Å². The van der Waals surface area contributed by atoms with Crippen LogP contribution in [0.2, 0.25) is 0 Å². The molecule has 12 heteroatoms. The summed E-state index contributed by atoms with van der Waals surface area (Å²) < 4.78 is 85.0. The van der Waals surface area contributed by atoms with E-state index in [1.165, 1.54) is 6.92 Å². The van der Waals surface area contributed by atoms with Crippen molar-refractivity contribution in [2.75, 3.05) is 0 Å². The predicted molar refractivity (Wildman–Crippen MR) is 93.4 cm³/mol. The lowest BCUT2D eigenvalue weighted by molar-refractivity contribution is -0.170. The highest BCUT2D eigenvalue weighted by molar-refractivity contribution is 7.34. The minimum Gasteiger partial charge on any atom is -0.575 e. The van der Waals surface area contributed by atoms with Gasteiger partial charge in [-0.1, -0.05) is 4.74 Å². The highest BCUT2D eigenvalue weighted by Gasteiger charge is 2.27. The summed E-state index contributed by atoms with van der Waals surface area (Å²) >= 11 is 0. The Morgan fingerprint density at radius 2 is 1.37 bits per heavy atom. The van der Waals surface area contributed by atoms with Crippen LogP contribution in [0.3, 0.4) is 0 Å². The zero-order valence-electron chi connectivity index (χ0n) is 15.8. The maximum absolute atomic E-state index is 13.6. The van der Waals surface area contributed by atoms with Crippen molar-refractivity contribution in [3.05, 3.63) is 53.4 Å². The lowest BCUT2D eigenvalue weighted by Crippen LogP contribution is -2.21. The van der Waals surface area contributed by atoms with E-state index in [1.54, 1.807) is 13.8 Å². The number of ether oxygens (including phenoxy) is 2. The first-order valence-corrected chi connectivity index (χ1v) is 9.50. The van der Waals surface area contributed by atoms with E-state index in [1.807, 2.05) is 0 Å². The Balaban J connectivity index is 2.11. The van der Waals surface area contributed by atoms with Gasteiger partial charge in [0.25, 0.3) is 0 Å². The van der Waals surface area contributed by atoms with Gasteiger partial charge in [-0.3, -0.25) is 4.52 Å². The van der Waals surface area contributed by atoms with E-state index in [0.29, 0.717) is 0 Å². The highest BCUT2D eigenvalue weighted by Crippen LogP contribution is 2.34. The molecule has 0 fully saturated rings. The number of carbonyl (C=O) groups is 1. The molecule has 1 unspecified atom stereocenters. The first-order valence-electron chi connectivity index (χ1n) is 8.37. The average Bonchev–Trinajstić information content (AvgIpc) is 2.68. The number of esters is 1. The van der Waals surface area contributed by atoms with Crippen molar-refractivity contribution in [2.45, 2.75) is 32.9 Å². The van der Waals surface area contributed by atoms with Gasteiger partial charge in [0.2, 0.25) is 34.8 Å². The number of hydrogen-bond acceptors (Lipinski definition) is 6. The maximum Gasteiger partial charge on any atom is 0.395 e. The minimum atomic E-state index is -2.66. The molecule has 2 aromatic rings. The van der Waals surface area contributed by atoms with E-state index >= 15 is 0 Å². The summed E-state index contributed by atoms with van der Waals surface area (Å²) in [6, 6.07) is 3.41. The predicted octanol–water partition coefficient (Wildman–Crippen LogP) is 4.75. The summed E-state index contributed by atoms with van der Waals surface area (Å²) in [7, 11) is -2.66. The largest absolute Gasteiger partial charge is 0.575 e.